The van der Waals surface area contributed by atoms with Gasteiger partial charge in [-0.2, -0.15) is 4.57 Å². The van der Waals surface area contributed by atoms with E-state index in [1.54, 1.807) is 0 Å². The van der Waals surface area contributed by atoms with Gasteiger partial charge in [0.2, 0.25) is 0 Å². The monoisotopic (exact) mass is 194 g/mol. The van der Waals surface area contributed by atoms with Crippen molar-refractivity contribution in [3.63, 3.8) is 0 Å². The van der Waals surface area contributed by atoms with Crippen LogP contribution in [0.15, 0.2) is 30.6 Å². The Balaban J connectivity index is 1.99. The van der Waals surface area contributed by atoms with E-state index in [-0.39, 0.29) is 0 Å². The Bertz CT molecular complexity index is 223. The summed E-state index contributed by atoms with van der Waals surface area (Å²) < 4.78 is 7.57. The lowest BCUT2D eigenvalue weighted by Crippen LogP contribution is -2.33. The van der Waals surface area contributed by atoms with Crippen LogP contribution in [0.1, 0.15) is 32.6 Å². The minimum absolute atomic E-state index is 0.674. The van der Waals surface area contributed by atoms with E-state index < -0.39 is 0 Å². The van der Waals surface area contributed by atoms with E-state index in [1.807, 2.05) is 35.2 Å². The lowest BCUT2D eigenvalue weighted by Gasteiger charge is -2.00. The van der Waals surface area contributed by atoms with Gasteiger partial charge in [0.1, 0.15) is 0 Å². The van der Waals surface area contributed by atoms with Crippen molar-refractivity contribution in [2.45, 2.75) is 39.3 Å². The zero-order chi connectivity index (χ0) is 10.1. The Labute approximate surface area is 86.5 Å². The number of aromatic nitrogens is 1. The summed E-state index contributed by atoms with van der Waals surface area (Å²) in [5, 5.41) is 0. The van der Waals surface area contributed by atoms with E-state index in [9.17, 15) is 0 Å². The van der Waals surface area contributed by atoms with Gasteiger partial charge in [0.05, 0.1) is 6.61 Å². The molecule has 0 aliphatic heterocycles. The first-order valence-electron chi connectivity index (χ1n) is 5.45. The van der Waals surface area contributed by atoms with Crippen molar-refractivity contribution >= 4 is 0 Å². The Morgan fingerprint density at radius 2 is 1.79 bits per heavy atom. The maximum atomic E-state index is 5.53. The van der Waals surface area contributed by atoms with Crippen LogP contribution in [0.2, 0.25) is 0 Å². The summed E-state index contributed by atoms with van der Waals surface area (Å²) in [7, 11) is 0. The number of rotatable bonds is 7. The van der Waals surface area contributed by atoms with Gasteiger partial charge in [-0.25, -0.2) is 0 Å². The zero-order valence-corrected chi connectivity index (χ0v) is 8.98. The Kier molecular flexibility index (Phi) is 6.00. The highest BCUT2D eigenvalue weighted by molar-refractivity contribution is 4.83. The molecule has 0 aliphatic carbocycles. The molecule has 0 N–H and O–H groups in total. The second-order valence-electron chi connectivity index (χ2n) is 3.49. The van der Waals surface area contributed by atoms with Gasteiger partial charge in [0.15, 0.2) is 12.4 Å². The van der Waals surface area contributed by atoms with Gasteiger partial charge in [-0.05, 0) is 6.42 Å². The summed E-state index contributed by atoms with van der Waals surface area (Å²) in [6, 6.07) is 6.04. The first-order valence-corrected chi connectivity index (χ1v) is 5.45. The molecule has 0 unspecified atom stereocenters. The van der Waals surface area contributed by atoms with E-state index in [0.29, 0.717) is 6.73 Å². The number of hydrogen-bond acceptors (Lipinski definition) is 1. The van der Waals surface area contributed by atoms with Crippen LogP contribution >= 0.6 is 0 Å². The Morgan fingerprint density at radius 1 is 1.00 bits per heavy atom. The summed E-state index contributed by atoms with van der Waals surface area (Å²) in [6.45, 7) is 3.77. The zero-order valence-electron chi connectivity index (χ0n) is 8.98. The average Bonchev–Trinajstić information content (AvgIpc) is 2.25. The highest BCUT2D eigenvalue weighted by atomic mass is 16.5. The number of nitrogens with zero attached hydrogens (tertiary/aromatic N) is 1. The molecule has 0 saturated carbocycles. The molecule has 0 bridgehead atoms. The highest BCUT2D eigenvalue weighted by Crippen LogP contribution is 1.98. The van der Waals surface area contributed by atoms with E-state index in [0.717, 1.165) is 6.61 Å². The number of unbranched alkanes of at least 4 members (excludes halogenated alkanes) is 3. The van der Waals surface area contributed by atoms with Crippen molar-refractivity contribution in [1.29, 1.82) is 0 Å². The van der Waals surface area contributed by atoms with Gasteiger partial charge in [-0.3, -0.25) is 0 Å². The average molecular weight is 194 g/mol. The third-order valence-electron chi connectivity index (χ3n) is 2.16. The first kappa shape index (κ1) is 11.2. The minimum atomic E-state index is 0.674. The lowest BCUT2D eigenvalue weighted by molar-refractivity contribution is -0.732. The number of ether oxygens (including phenoxy) is 1. The van der Waals surface area contributed by atoms with Crippen molar-refractivity contribution in [3.05, 3.63) is 30.6 Å². The first-order chi connectivity index (χ1) is 6.93. The van der Waals surface area contributed by atoms with Gasteiger partial charge < -0.3 is 4.74 Å². The molecule has 1 heterocycles. The smallest absolute Gasteiger partial charge is 0.252 e. The molecule has 2 heteroatoms. The maximum Gasteiger partial charge on any atom is 0.252 e. The molecule has 0 fully saturated rings. The molecule has 0 radical (unpaired) electrons. The molecule has 0 saturated heterocycles. The van der Waals surface area contributed by atoms with Gasteiger partial charge in [0.25, 0.3) is 6.73 Å². The largest absolute Gasteiger partial charge is 0.323 e. The fourth-order valence-electron chi connectivity index (χ4n) is 1.32. The molecule has 1 aromatic rings. The SMILES string of the molecule is CCCCCCOC[n+]1ccccc1. The Hall–Kier alpha value is -0.890. The fourth-order valence-corrected chi connectivity index (χ4v) is 1.32. The molecule has 0 spiro atoms. The predicted octanol–water partition coefficient (Wildman–Crippen LogP) is 2.53. The standard InChI is InChI=1S/C12H20NO/c1-2-3-4-8-11-14-12-13-9-6-5-7-10-13/h5-7,9-10H,2-4,8,11-12H2,1H3/q+1. The molecule has 78 valence electrons. The van der Waals surface area contributed by atoms with Crippen LogP contribution in [0.3, 0.4) is 0 Å². The molecular formula is C12H20NO+. The molecule has 14 heavy (non-hydrogen) atoms. The number of hydrogen-bond donors (Lipinski definition) is 0. The second-order valence-corrected chi connectivity index (χ2v) is 3.49. The van der Waals surface area contributed by atoms with Crippen LogP contribution in [0, 0.1) is 0 Å². The van der Waals surface area contributed by atoms with Crippen LogP contribution in [-0.4, -0.2) is 6.61 Å². The summed E-state index contributed by atoms with van der Waals surface area (Å²) >= 11 is 0. The molecule has 2 nitrogen and oxygen atoms in total. The van der Waals surface area contributed by atoms with Gasteiger partial charge in [0, 0.05) is 12.1 Å². The molecular weight excluding hydrogens is 174 g/mol. The highest BCUT2D eigenvalue weighted by Gasteiger charge is 1.96. The van der Waals surface area contributed by atoms with Crippen LogP contribution in [0.5, 0.6) is 0 Å². The van der Waals surface area contributed by atoms with Crippen molar-refractivity contribution in [1.82, 2.24) is 0 Å². The lowest BCUT2D eigenvalue weighted by atomic mass is 10.2. The normalized spacial score (nSPS) is 10.4. The molecule has 0 aliphatic rings. The molecule has 1 aromatic heterocycles. The fraction of sp³-hybridized carbons (Fsp3) is 0.583. The van der Waals surface area contributed by atoms with Crippen LogP contribution in [0.4, 0.5) is 0 Å². The third-order valence-corrected chi connectivity index (χ3v) is 2.16. The van der Waals surface area contributed by atoms with Gasteiger partial charge in [-0.15, -0.1) is 0 Å². The van der Waals surface area contributed by atoms with Crippen LogP contribution in [-0.2, 0) is 11.5 Å². The minimum Gasteiger partial charge on any atom is -0.323 e. The van der Waals surface area contributed by atoms with Crippen LogP contribution in [0.25, 0.3) is 0 Å². The molecule has 0 atom stereocenters. The van der Waals surface area contributed by atoms with Gasteiger partial charge >= 0.3 is 0 Å². The second kappa shape index (κ2) is 7.51. The van der Waals surface area contributed by atoms with Crippen molar-refractivity contribution in [2.75, 3.05) is 6.61 Å². The summed E-state index contributed by atoms with van der Waals surface area (Å²) in [6.07, 6.45) is 9.12. The predicted molar refractivity (Wildman–Crippen MR) is 56.7 cm³/mol. The third kappa shape index (κ3) is 4.97. The maximum absolute atomic E-state index is 5.53. The quantitative estimate of drug-likeness (QED) is 0.480. The topological polar surface area (TPSA) is 13.1 Å². The van der Waals surface area contributed by atoms with E-state index in [2.05, 4.69) is 6.92 Å². The Morgan fingerprint density at radius 3 is 2.50 bits per heavy atom. The molecule has 0 amide bonds. The van der Waals surface area contributed by atoms with Crippen LogP contribution < -0.4 is 4.57 Å². The van der Waals surface area contributed by atoms with Crippen molar-refractivity contribution in [3.8, 4) is 0 Å². The van der Waals surface area contributed by atoms with Crippen molar-refractivity contribution in [2.24, 2.45) is 0 Å². The van der Waals surface area contributed by atoms with E-state index >= 15 is 0 Å². The summed E-state index contributed by atoms with van der Waals surface area (Å²) in [5.41, 5.74) is 0. The summed E-state index contributed by atoms with van der Waals surface area (Å²) in [5.74, 6) is 0. The summed E-state index contributed by atoms with van der Waals surface area (Å²) in [4.78, 5) is 0. The number of pyridine rings is 1. The van der Waals surface area contributed by atoms with E-state index in [4.69, 9.17) is 4.74 Å². The van der Waals surface area contributed by atoms with Crippen molar-refractivity contribution < 1.29 is 9.30 Å². The molecule has 1 rings (SSSR count). The van der Waals surface area contributed by atoms with Gasteiger partial charge in [-0.1, -0.05) is 32.3 Å². The molecule has 0 aromatic carbocycles. The van der Waals surface area contributed by atoms with E-state index in [1.165, 1.54) is 25.7 Å².